The molecule has 4 nitrogen and oxygen atoms in total. The highest BCUT2D eigenvalue weighted by molar-refractivity contribution is 6.13. The fourth-order valence-corrected chi connectivity index (χ4v) is 3.33. The van der Waals surface area contributed by atoms with Gasteiger partial charge < -0.3 is 5.11 Å². The summed E-state index contributed by atoms with van der Waals surface area (Å²) in [6.45, 7) is 3.42. The predicted molar refractivity (Wildman–Crippen MR) is 114 cm³/mol. The lowest BCUT2D eigenvalue weighted by molar-refractivity contribution is -0.143. The number of aliphatic carboxylic acids is 1. The molecule has 3 aromatic rings. The van der Waals surface area contributed by atoms with E-state index in [2.05, 4.69) is 6.07 Å². The first-order valence-corrected chi connectivity index (χ1v) is 9.40. The second-order valence-corrected chi connectivity index (χ2v) is 7.07. The maximum absolute atomic E-state index is 12.4. The van der Waals surface area contributed by atoms with Gasteiger partial charge >= 0.3 is 5.97 Å². The van der Waals surface area contributed by atoms with Crippen molar-refractivity contribution in [2.24, 2.45) is 4.99 Å². The molecule has 0 spiro atoms. The van der Waals surface area contributed by atoms with Crippen LogP contribution in [0.3, 0.4) is 0 Å². The van der Waals surface area contributed by atoms with Crippen LogP contribution in [0.25, 0.3) is 0 Å². The van der Waals surface area contributed by atoms with E-state index in [1.165, 1.54) is 0 Å². The number of carboxylic acid groups (broad SMARTS) is 1. The summed E-state index contributed by atoms with van der Waals surface area (Å²) < 4.78 is 0. The van der Waals surface area contributed by atoms with Gasteiger partial charge in [-0.05, 0) is 18.6 Å². The van der Waals surface area contributed by atoms with Gasteiger partial charge in [0.15, 0.2) is 5.54 Å². The van der Waals surface area contributed by atoms with Gasteiger partial charge in [-0.2, -0.15) is 5.26 Å². The normalized spacial score (nSPS) is 13.6. The van der Waals surface area contributed by atoms with E-state index in [1.807, 2.05) is 66.7 Å². The zero-order valence-corrected chi connectivity index (χ0v) is 16.4. The van der Waals surface area contributed by atoms with Crippen LogP contribution in [0.1, 0.15) is 42.0 Å². The first-order chi connectivity index (χ1) is 14.0. The van der Waals surface area contributed by atoms with Crippen LogP contribution in [0.4, 0.5) is 0 Å². The zero-order valence-electron chi connectivity index (χ0n) is 16.4. The third-order valence-corrected chi connectivity index (χ3v) is 5.26. The average Bonchev–Trinajstić information content (AvgIpc) is 2.77. The molecule has 0 saturated carbocycles. The third-order valence-electron chi connectivity index (χ3n) is 5.26. The molecule has 2 atom stereocenters. The molecule has 29 heavy (non-hydrogen) atoms. The Hall–Kier alpha value is -3.71. The summed E-state index contributed by atoms with van der Waals surface area (Å²) >= 11 is 0. The second kappa shape index (κ2) is 8.53. The molecule has 0 fully saturated rings. The van der Waals surface area contributed by atoms with Gasteiger partial charge in [-0.15, -0.1) is 0 Å². The van der Waals surface area contributed by atoms with Crippen LogP contribution in [0.15, 0.2) is 89.9 Å². The van der Waals surface area contributed by atoms with Gasteiger partial charge in [-0.1, -0.05) is 85.8 Å². The highest BCUT2D eigenvalue weighted by atomic mass is 16.4. The van der Waals surface area contributed by atoms with Gasteiger partial charge in [0.1, 0.15) is 0 Å². The Kier molecular flexibility index (Phi) is 5.90. The number of benzene rings is 3. The summed E-state index contributed by atoms with van der Waals surface area (Å²) in [7, 11) is 0. The molecule has 3 aromatic carbocycles. The minimum Gasteiger partial charge on any atom is -0.479 e. The molecule has 4 heteroatoms. The van der Waals surface area contributed by atoms with Crippen LogP contribution in [0, 0.1) is 11.3 Å². The summed E-state index contributed by atoms with van der Waals surface area (Å²) in [6, 6.07) is 28.4. The number of aliphatic imine (C=N–C) groups is 1. The van der Waals surface area contributed by atoms with Crippen molar-refractivity contribution in [2.45, 2.75) is 25.3 Å². The summed E-state index contributed by atoms with van der Waals surface area (Å²) in [4.78, 5) is 17.3. The number of rotatable bonds is 6. The molecule has 0 aliphatic rings. The lowest BCUT2D eigenvalue weighted by atomic mass is 9.80. The largest absolute Gasteiger partial charge is 0.479 e. The molecule has 0 saturated heterocycles. The molecular formula is C25H22N2O2. The molecular weight excluding hydrogens is 360 g/mol. The van der Waals surface area contributed by atoms with Gasteiger partial charge in [0.2, 0.25) is 0 Å². The number of hydrogen-bond donors (Lipinski definition) is 1. The molecule has 1 N–H and O–H groups in total. The topological polar surface area (TPSA) is 73.5 Å². The van der Waals surface area contributed by atoms with Crippen LogP contribution in [-0.4, -0.2) is 22.3 Å². The van der Waals surface area contributed by atoms with Crippen LogP contribution in [0.2, 0.25) is 0 Å². The number of hydrogen-bond acceptors (Lipinski definition) is 3. The molecule has 0 aliphatic heterocycles. The Bertz CT molecular complexity index is 1030. The minimum atomic E-state index is -1.46. The monoisotopic (exact) mass is 382 g/mol. The molecule has 0 aromatic heterocycles. The van der Waals surface area contributed by atoms with Crippen molar-refractivity contribution in [3.8, 4) is 6.07 Å². The fraction of sp³-hybridized carbons (Fsp3) is 0.160. The van der Waals surface area contributed by atoms with Gasteiger partial charge in [-0.25, -0.2) is 4.79 Å². The van der Waals surface area contributed by atoms with E-state index < -0.39 is 17.4 Å². The van der Waals surface area contributed by atoms with E-state index >= 15 is 0 Å². The quantitative estimate of drug-likeness (QED) is 0.607. The van der Waals surface area contributed by atoms with E-state index in [0.29, 0.717) is 16.8 Å². The Morgan fingerprint density at radius 3 is 1.90 bits per heavy atom. The van der Waals surface area contributed by atoms with Gasteiger partial charge in [0, 0.05) is 17.0 Å². The van der Waals surface area contributed by atoms with Crippen molar-refractivity contribution in [1.82, 2.24) is 0 Å². The fourth-order valence-electron chi connectivity index (χ4n) is 3.33. The SMILES string of the molecule is CC(c1ccccc1C#N)C(C)(N=C(c1ccccc1)c1ccccc1)C(=O)O. The van der Waals surface area contributed by atoms with Crippen LogP contribution >= 0.6 is 0 Å². The molecule has 0 aliphatic carbocycles. The van der Waals surface area contributed by atoms with Crippen molar-refractivity contribution < 1.29 is 9.90 Å². The second-order valence-electron chi connectivity index (χ2n) is 7.07. The predicted octanol–water partition coefficient (Wildman–Crippen LogP) is 5.04. The maximum Gasteiger partial charge on any atom is 0.331 e. The van der Waals surface area contributed by atoms with Gasteiger partial charge in [0.05, 0.1) is 17.3 Å². The maximum atomic E-state index is 12.4. The van der Waals surface area contributed by atoms with E-state index in [-0.39, 0.29) is 0 Å². The summed E-state index contributed by atoms with van der Waals surface area (Å²) in [5.74, 6) is -1.56. The van der Waals surface area contributed by atoms with E-state index in [1.54, 1.807) is 32.0 Å². The lowest BCUT2D eigenvalue weighted by Crippen LogP contribution is -2.40. The van der Waals surface area contributed by atoms with E-state index in [0.717, 1.165) is 11.1 Å². The van der Waals surface area contributed by atoms with Crippen molar-refractivity contribution in [3.05, 3.63) is 107 Å². The van der Waals surface area contributed by atoms with E-state index in [9.17, 15) is 15.2 Å². The van der Waals surface area contributed by atoms with Gasteiger partial charge in [-0.3, -0.25) is 4.99 Å². The van der Waals surface area contributed by atoms with Crippen LogP contribution < -0.4 is 0 Å². The van der Waals surface area contributed by atoms with E-state index in [4.69, 9.17) is 4.99 Å². The third kappa shape index (κ3) is 4.09. The lowest BCUT2D eigenvalue weighted by Gasteiger charge is -2.30. The highest BCUT2D eigenvalue weighted by Gasteiger charge is 2.41. The highest BCUT2D eigenvalue weighted by Crippen LogP contribution is 2.34. The van der Waals surface area contributed by atoms with Crippen LogP contribution in [0.5, 0.6) is 0 Å². The molecule has 144 valence electrons. The van der Waals surface area contributed by atoms with Crippen molar-refractivity contribution in [2.75, 3.05) is 0 Å². The Morgan fingerprint density at radius 2 is 1.41 bits per heavy atom. The standard InChI is InChI=1S/C25H22N2O2/c1-18(22-16-10-9-15-21(22)17-26)25(2,24(28)29)27-23(19-11-5-3-6-12-19)20-13-7-4-8-14-20/h3-16,18H,1-2H3,(H,28,29). The number of carboxylic acids is 1. The van der Waals surface area contributed by atoms with Crippen molar-refractivity contribution in [3.63, 3.8) is 0 Å². The average molecular weight is 382 g/mol. The molecule has 3 rings (SSSR count). The van der Waals surface area contributed by atoms with Gasteiger partial charge in [0.25, 0.3) is 0 Å². The first kappa shape index (κ1) is 20.0. The number of carbonyl (C=O) groups is 1. The summed E-state index contributed by atoms with van der Waals surface area (Å²) in [5, 5.41) is 19.7. The number of nitrogens with zero attached hydrogens (tertiary/aromatic N) is 2. The van der Waals surface area contributed by atoms with Crippen LogP contribution in [-0.2, 0) is 4.79 Å². The Balaban J connectivity index is 2.21. The molecule has 0 radical (unpaired) electrons. The number of nitriles is 1. The minimum absolute atomic E-state index is 0.462. The van der Waals surface area contributed by atoms with Crippen molar-refractivity contribution in [1.29, 1.82) is 5.26 Å². The Labute approximate surface area is 170 Å². The summed E-state index contributed by atoms with van der Waals surface area (Å²) in [6.07, 6.45) is 0. The zero-order chi connectivity index (χ0) is 20.9. The first-order valence-electron chi connectivity index (χ1n) is 9.40. The smallest absolute Gasteiger partial charge is 0.331 e. The molecule has 0 amide bonds. The van der Waals surface area contributed by atoms with Crippen molar-refractivity contribution >= 4 is 11.7 Å². The summed E-state index contributed by atoms with van der Waals surface area (Å²) in [5.41, 5.74) is 1.96. The molecule has 2 unspecified atom stereocenters. The molecule has 0 heterocycles. The molecule has 0 bridgehead atoms. The Morgan fingerprint density at radius 1 is 0.931 bits per heavy atom.